The lowest BCUT2D eigenvalue weighted by atomic mass is 10.0. The van der Waals surface area contributed by atoms with Crippen molar-refractivity contribution in [3.8, 4) is 0 Å². The van der Waals surface area contributed by atoms with Gasteiger partial charge in [-0.2, -0.15) is 0 Å². The first-order chi connectivity index (χ1) is 7.58. The highest BCUT2D eigenvalue weighted by Crippen LogP contribution is 2.40. The fourth-order valence-electron chi connectivity index (χ4n) is 2.16. The molecular formula is C12H8Br2N2. The van der Waals surface area contributed by atoms with Gasteiger partial charge in [0.05, 0.1) is 11.4 Å². The summed E-state index contributed by atoms with van der Waals surface area (Å²) < 4.78 is 2.02. The molecule has 0 spiro atoms. The van der Waals surface area contributed by atoms with Crippen molar-refractivity contribution < 1.29 is 0 Å². The minimum Gasteiger partial charge on any atom is -0.397 e. The average Bonchev–Trinajstić information content (AvgIpc) is 2.44. The van der Waals surface area contributed by atoms with Crippen LogP contribution in [0.25, 0.3) is 22.2 Å². The summed E-state index contributed by atoms with van der Waals surface area (Å²) >= 11 is 6.97. The molecule has 1 aliphatic carbocycles. The van der Waals surface area contributed by atoms with Gasteiger partial charge in [0.25, 0.3) is 0 Å². The summed E-state index contributed by atoms with van der Waals surface area (Å²) in [6, 6.07) is 8.15. The standard InChI is InChI=1S/C12H8Br2N2/c13-6-1-5-2-7(14)4-9-10(5)8(3-6)11(15)12(9)16/h1-4H,15-16H2. The lowest BCUT2D eigenvalue weighted by molar-refractivity contribution is 1.53. The Bertz CT molecular complexity index is 607. The molecule has 80 valence electrons. The zero-order chi connectivity index (χ0) is 11.4. The Morgan fingerprint density at radius 3 is 1.62 bits per heavy atom. The van der Waals surface area contributed by atoms with Gasteiger partial charge in [-0.05, 0) is 29.7 Å². The van der Waals surface area contributed by atoms with Crippen LogP contribution in [0.3, 0.4) is 0 Å². The van der Waals surface area contributed by atoms with Crippen LogP contribution in [0.5, 0.6) is 0 Å². The highest BCUT2D eigenvalue weighted by Gasteiger charge is 2.21. The molecule has 4 heteroatoms. The number of benzene rings is 2. The summed E-state index contributed by atoms with van der Waals surface area (Å²) in [7, 11) is 0. The van der Waals surface area contributed by atoms with Crippen LogP contribution < -0.4 is 11.5 Å². The Balaban J connectivity index is 2.57. The molecule has 2 aromatic carbocycles. The molecule has 0 bridgehead atoms. The number of hydrogen-bond acceptors (Lipinski definition) is 2. The van der Waals surface area contributed by atoms with Gasteiger partial charge in [-0.3, -0.25) is 0 Å². The first kappa shape index (κ1) is 10.2. The predicted molar refractivity (Wildman–Crippen MR) is 74.5 cm³/mol. The topological polar surface area (TPSA) is 52.0 Å². The summed E-state index contributed by atoms with van der Waals surface area (Å²) in [4.78, 5) is 0. The fraction of sp³-hybridized carbons (Fsp3) is 0. The van der Waals surface area contributed by atoms with E-state index in [0.717, 1.165) is 30.8 Å². The van der Waals surface area contributed by atoms with Gasteiger partial charge in [0.1, 0.15) is 0 Å². The third-order valence-electron chi connectivity index (χ3n) is 2.85. The van der Waals surface area contributed by atoms with E-state index in [-0.39, 0.29) is 0 Å². The number of rotatable bonds is 0. The maximum absolute atomic E-state index is 6.02. The second kappa shape index (κ2) is 3.25. The molecule has 0 amide bonds. The maximum atomic E-state index is 6.02. The van der Waals surface area contributed by atoms with Gasteiger partial charge < -0.3 is 11.5 Å². The molecule has 0 atom stereocenters. The van der Waals surface area contributed by atoms with Crippen molar-refractivity contribution in [1.29, 1.82) is 0 Å². The van der Waals surface area contributed by atoms with Crippen molar-refractivity contribution in [2.24, 2.45) is 11.5 Å². The summed E-state index contributed by atoms with van der Waals surface area (Å²) in [5.41, 5.74) is 15.4. The minimum absolute atomic E-state index is 0.666. The van der Waals surface area contributed by atoms with Crippen molar-refractivity contribution in [2.45, 2.75) is 0 Å². The van der Waals surface area contributed by atoms with Crippen LogP contribution in [-0.2, 0) is 0 Å². The van der Waals surface area contributed by atoms with Crippen LogP contribution in [0.4, 0.5) is 0 Å². The Hall–Kier alpha value is -1.00. The first-order valence-corrected chi connectivity index (χ1v) is 6.35. The molecule has 2 nitrogen and oxygen atoms in total. The number of halogens is 2. The Kier molecular flexibility index (Phi) is 2.06. The van der Waals surface area contributed by atoms with Crippen molar-refractivity contribution in [2.75, 3.05) is 0 Å². The lowest BCUT2D eigenvalue weighted by Crippen LogP contribution is -2.01. The molecule has 0 fully saturated rings. The van der Waals surface area contributed by atoms with E-state index in [2.05, 4.69) is 44.0 Å². The summed E-state index contributed by atoms with van der Waals surface area (Å²) in [5.74, 6) is 0. The monoisotopic (exact) mass is 338 g/mol. The smallest absolute Gasteiger partial charge is 0.0634 e. The van der Waals surface area contributed by atoms with Crippen LogP contribution in [0.1, 0.15) is 11.1 Å². The molecule has 0 aliphatic heterocycles. The molecule has 4 N–H and O–H groups in total. The summed E-state index contributed by atoms with van der Waals surface area (Å²) in [5, 5.41) is 2.28. The van der Waals surface area contributed by atoms with Crippen LogP contribution in [-0.4, -0.2) is 0 Å². The first-order valence-electron chi connectivity index (χ1n) is 4.76. The molecule has 0 unspecified atom stereocenters. The number of nitrogens with two attached hydrogens (primary N) is 2. The van der Waals surface area contributed by atoms with Gasteiger partial charge in [0.15, 0.2) is 0 Å². The average molecular weight is 340 g/mol. The SMILES string of the molecule is NC1=C(N)c2cc(Br)cc3cc(Br)cc1c23. The zero-order valence-corrected chi connectivity index (χ0v) is 11.4. The highest BCUT2D eigenvalue weighted by atomic mass is 79.9. The molecular weight excluding hydrogens is 332 g/mol. The van der Waals surface area contributed by atoms with E-state index in [1.54, 1.807) is 0 Å². The van der Waals surface area contributed by atoms with E-state index in [1.807, 2.05) is 12.1 Å². The van der Waals surface area contributed by atoms with E-state index in [9.17, 15) is 0 Å². The van der Waals surface area contributed by atoms with Gasteiger partial charge in [-0.25, -0.2) is 0 Å². The predicted octanol–water partition coefficient (Wildman–Crippen LogP) is 3.42. The Morgan fingerprint density at radius 2 is 1.19 bits per heavy atom. The fourth-order valence-corrected chi connectivity index (χ4v) is 3.11. The van der Waals surface area contributed by atoms with E-state index in [0.29, 0.717) is 11.4 Å². The Labute approximate surface area is 110 Å². The maximum Gasteiger partial charge on any atom is 0.0634 e. The second-order valence-corrected chi connectivity index (χ2v) is 5.66. The van der Waals surface area contributed by atoms with Crippen molar-refractivity contribution >= 4 is 54.0 Å². The normalized spacial score (nSPS) is 13.9. The third-order valence-corrected chi connectivity index (χ3v) is 3.76. The molecule has 0 saturated carbocycles. The van der Waals surface area contributed by atoms with Crippen LogP contribution in [0, 0.1) is 0 Å². The van der Waals surface area contributed by atoms with E-state index in [4.69, 9.17) is 11.5 Å². The molecule has 0 radical (unpaired) electrons. The molecule has 3 rings (SSSR count). The molecule has 0 aromatic heterocycles. The van der Waals surface area contributed by atoms with Gasteiger partial charge in [0.2, 0.25) is 0 Å². The molecule has 0 saturated heterocycles. The largest absolute Gasteiger partial charge is 0.397 e. The molecule has 0 heterocycles. The van der Waals surface area contributed by atoms with Gasteiger partial charge >= 0.3 is 0 Å². The summed E-state index contributed by atoms with van der Waals surface area (Å²) in [6.45, 7) is 0. The zero-order valence-electron chi connectivity index (χ0n) is 8.22. The van der Waals surface area contributed by atoms with Crippen molar-refractivity contribution in [3.63, 3.8) is 0 Å². The van der Waals surface area contributed by atoms with Crippen LogP contribution >= 0.6 is 31.9 Å². The second-order valence-electron chi connectivity index (χ2n) is 3.83. The number of hydrogen-bond donors (Lipinski definition) is 2. The van der Waals surface area contributed by atoms with E-state index < -0.39 is 0 Å². The van der Waals surface area contributed by atoms with Crippen molar-refractivity contribution in [1.82, 2.24) is 0 Å². The Morgan fingerprint density at radius 1 is 0.750 bits per heavy atom. The summed E-state index contributed by atoms with van der Waals surface area (Å²) in [6.07, 6.45) is 0. The minimum atomic E-state index is 0.666. The third kappa shape index (κ3) is 1.23. The molecule has 16 heavy (non-hydrogen) atoms. The quantitative estimate of drug-likeness (QED) is 0.772. The van der Waals surface area contributed by atoms with Crippen molar-refractivity contribution in [3.05, 3.63) is 44.3 Å². The van der Waals surface area contributed by atoms with E-state index in [1.165, 1.54) is 0 Å². The lowest BCUT2D eigenvalue weighted by Gasteiger charge is -2.05. The van der Waals surface area contributed by atoms with Crippen LogP contribution in [0.15, 0.2) is 33.2 Å². The van der Waals surface area contributed by atoms with E-state index >= 15 is 0 Å². The van der Waals surface area contributed by atoms with Gasteiger partial charge in [0, 0.05) is 25.5 Å². The van der Waals surface area contributed by atoms with Gasteiger partial charge in [-0.1, -0.05) is 31.9 Å². The van der Waals surface area contributed by atoms with Crippen LogP contribution in [0.2, 0.25) is 0 Å². The molecule has 2 aromatic rings. The van der Waals surface area contributed by atoms with Gasteiger partial charge in [-0.15, -0.1) is 0 Å². The highest BCUT2D eigenvalue weighted by molar-refractivity contribution is 9.10. The molecule has 1 aliphatic rings.